The molecule has 1 N–H and O–H groups in total. The van der Waals surface area contributed by atoms with Gasteiger partial charge in [0.05, 0.1) is 40.9 Å². The van der Waals surface area contributed by atoms with E-state index >= 15 is 0 Å². The highest BCUT2D eigenvalue weighted by Gasteiger charge is 2.24. The Labute approximate surface area is 393 Å². The Hall–Kier alpha value is 1.47. The molecule has 0 aliphatic rings. The highest BCUT2D eigenvalue weighted by Crippen LogP contribution is 2.44. The fourth-order valence-corrected chi connectivity index (χ4v) is 13.7. The molecule has 60 heavy (non-hydrogen) atoms. The average Bonchev–Trinajstić information content (AvgIpc) is 3.15. The summed E-state index contributed by atoms with van der Waals surface area (Å²) in [6.45, 7) is 26.6. The molecule has 0 saturated carbocycles. The zero-order chi connectivity index (χ0) is 45.1. The van der Waals surface area contributed by atoms with Crippen molar-refractivity contribution in [3.8, 4) is 0 Å². The Bertz CT molecular complexity index is 926. The molecule has 362 valence electrons. The van der Waals surface area contributed by atoms with E-state index in [1.165, 1.54) is 140 Å². The third kappa shape index (κ3) is 43.4. The molecule has 0 spiro atoms. The molecular weight excluding hydrogens is 836 g/mol. The largest absolute Gasteiger partial charge is 0.405 e. The van der Waals surface area contributed by atoms with E-state index in [0.717, 1.165) is 76.3 Å². The molecule has 0 aromatic rings. The van der Waals surface area contributed by atoms with Crippen LogP contribution < -0.4 is 5.09 Å². The van der Waals surface area contributed by atoms with Crippen LogP contribution in [0.2, 0.25) is 0 Å². The third-order valence-corrected chi connectivity index (χ3v) is 18.7. The van der Waals surface area contributed by atoms with Gasteiger partial charge < -0.3 is 4.48 Å². The van der Waals surface area contributed by atoms with Gasteiger partial charge in [-0.05, 0) is 60.2 Å². The normalized spacial score (nSPS) is 16.6. The second-order valence-electron chi connectivity index (χ2n) is 21.3. The summed E-state index contributed by atoms with van der Waals surface area (Å²) in [6.07, 6.45) is 28.5. The molecule has 0 aliphatic carbocycles. The molecule has 6 unspecified atom stereocenters. The van der Waals surface area contributed by atoms with Gasteiger partial charge in [-0.25, -0.2) is 9.65 Å². The van der Waals surface area contributed by atoms with E-state index in [9.17, 15) is 4.57 Å². The van der Waals surface area contributed by atoms with Gasteiger partial charge in [-0.1, -0.05) is 228 Å². The first kappa shape index (κ1) is 61.5. The van der Waals surface area contributed by atoms with Crippen LogP contribution in [0.5, 0.6) is 0 Å². The SMILES string of the molecule is CC(C)CCCC(C)CCCC(C)CCCC(C)CCSSCCOP(=O)(NCCC[N+](C)(C)C)OCCSSCCC(C)CCCC(C)CCCC(C)CCCC(C)C. The Balaban J connectivity index is 4.18. The maximum atomic E-state index is 13.7. The Kier molecular flexibility index (Phi) is 40.6. The molecule has 0 rings (SSSR count). The maximum absolute atomic E-state index is 13.7. The average molecular weight is 943 g/mol. The highest BCUT2D eigenvalue weighted by atomic mass is 33.1. The summed E-state index contributed by atoms with van der Waals surface area (Å²) in [4.78, 5) is 0. The zero-order valence-electron chi connectivity index (χ0n) is 42.4. The van der Waals surface area contributed by atoms with Crippen molar-refractivity contribution in [3.05, 3.63) is 0 Å². The topological polar surface area (TPSA) is 47.6 Å². The van der Waals surface area contributed by atoms with Gasteiger partial charge in [-0.2, -0.15) is 0 Å². The van der Waals surface area contributed by atoms with Gasteiger partial charge in [0.15, 0.2) is 0 Å². The number of quaternary nitrogens is 1. The zero-order valence-corrected chi connectivity index (χ0v) is 46.5. The maximum Gasteiger partial charge on any atom is 0.405 e. The fourth-order valence-electron chi connectivity index (χ4n) is 7.89. The van der Waals surface area contributed by atoms with Crippen molar-refractivity contribution in [2.75, 3.05) is 70.5 Å². The van der Waals surface area contributed by atoms with E-state index < -0.39 is 7.75 Å². The number of rotatable bonds is 45. The minimum atomic E-state index is -3.33. The number of nitrogens with one attached hydrogen (secondary N) is 1. The van der Waals surface area contributed by atoms with Gasteiger partial charge in [0.25, 0.3) is 0 Å². The van der Waals surface area contributed by atoms with Crippen molar-refractivity contribution < 1.29 is 18.1 Å². The first-order valence-corrected chi connectivity index (χ1v) is 31.9. The van der Waals surface area contributed by atoms with Gasteiger partial charge in [0, 0.05) is 36.0 Å². The van der Waals surface area contributed by atoms with Crippen molar-refractivity contribution in [3.63, 3.8) is 0 Å². The van der Waals surface area contributed by atoms with Crippen molar-refractivity contribution >= 4 is 50.9 Å². The summed E-state index contributed by atoms with van der Waals surface area (Å²) >= 11 is 0. The highest BCUT2D eigenvalue weighted by molar-refractivity contribution is 8.77. The Morgan fingerprint density at radius 1 is 0.417 bits per heavy atom. The summed E-state index contributed by atoms with van der Waals surface area (Å²) in [7, 11) is 10.8. The third-order valence-electron chi connectivity index (χ3n) is 12.3. The van der Waals surface area contributed by atoms with E-state index in [2.05, 4.69) is 95.5 Å². The van der Waals surface area contributed by atoms with Gasteiger partial charge >= 0.3 is 7.75 Å². The van der Waals surface area contributed by atoms with Crippen LogP contribution in [0.25, 0.3) is 0 Å². The van der Waals surface area contributed by atoms with Gasteiger partial charge in [0.2, 0.25) is 0 Å². The lowest BCUT2D eigenvalue weighted by Crippen LogP contribution is -2.36. The number of hydrogen-bond donors (Lipinski definition) is 1. The molecule has 0 radical (unpaired) electrons. The lowest BCUT2D eigenvalue weighted by Gasteiger charge is -2.24. The second kappa shape index (κ2) is 39.6. The molecule has 6 atom stereocenters. The molecule has 0 aromatic heterocycles. The predicted molar refractivity (Wildman–Crippen MR) is 282 cm³/mol. The van der Waals surface area contributed by atoms with Crippen molar-refractivity contribution in [1.82, 2.24) is 5.09 Å². The van der Waals surface area contributed by atoms with Crippen LogP contribution >= 0.6 is 50.9 Å². The summed E-state index contributed by atoms with van der Waals surface area (Å²) in [5, 5.41) is 3.18. The van der Waals surface area contributed by atoms with Crippen LogP contribution in [0.1, 0.15) is 204 Å². The van der Waals surface area contributed by atoms with Gasteiger partial charge in [-0.3, -0.25) is 9.05 Å². The lowest BCUT2D eigenvalue weighted by atomic mass is 9.91. The monoisotopic (exact) mass is 942 g/mol. The van der Waals surface area contributed by atoms with Crippen LogP contribution in [-0.2, 0) is 13.6 Å². The molecule has 0 saturated heterocycles. The van der Waals surface area contributed by atoms with Crippen molar-refractivity contribution in [2.24, 2.45) is 47.3 Å². The molecule has 0 bridgehead atoms. The van der Waals surface area contributed by atoms with E-state index in [-0.39, 0.29) is 0 Å². The molecular formula is C50H106N2O3PS4+. The second-order valence-corrected chi connectivity index (χ2v) is 28.5. The van der Waals surface area contributed by atoms with E-state index in [0.29, 0.717) is 19.8 Å². The van der Waals surface area contributed by atoms with Crippen LogP contribution in [0.15, 0.2) is 0 Å². The summed E-state index contributed by atoms with van der Waals surface area (Å²) in [5.41, 5.74) is 0. The van der Waals surface area contributed by atoms with Crippen LogP contribution in [0.4, 0.5) is 0 Å². The lowest BCUT2D eigenvalue weighted by molar-refractivity contribution is -0.870. The van der Waals surface area contributed by atoms with Crippen LogP contribution in [0, 0.1) is 47.3 Å². The van der Waals surface area contributed by atoms with Gasteiger partial charge in [-0.15, -0.1) is 0 Å². The number of nitrogens with zero attached hydrogens (tertiary/aromatic N) is 1. The fraction of sp³-hybridized carbons (Fsp3) is 1.00. The van der Waals surface area contributed by atoms with Crippen molar-refractivity contribution in [1.29, 1.82) is 0 Å². The summed E-state index contributed by atoms with van der Waals surface area (Å²) in [5.74, 6) is 10.7. The van der Waals surface area contributed by atoms with Crippen molar-refractivity contribution in [2.45, 2.75) is 204 Å². The van der Waals surface area contributed by atoms with E-state index in [4.69, 9.17) is 9.05 Å². The standard InChI is InChI=1S/C50H106N2O3PS4/c1-43(2)21-14-23-45(5)25-16-27-47(7)29-18-31-49(9)33-39-57-59-41-37-54-56(53,51-35-20-36-52(11,12)13)55-38-42-60-58-40-34-50(10)32-19-30-48(8)28-17-26-46(6)24-15-22-44(3)4/h43-50H,14-42H2,1-13H3,(H,51,53)/q+1. The summed E-state index contributed by atoms with van der Waals surface area (Å²) < 4.78 is 26.5. The Morgan fingerprint density at radius 3 is 1.00 bits per heavy atom. The first-order chi connectivity index (χ1) is 28.4. The van der Waals surface area contributed by atoms with Crippen LogP contribution in [-0.4, -0.2) is 74.9 Å². The van der Waals surface area contributed by atoms with Crippen LogP contribution in [0.3, 0.4) is 0 Å². The molecule has 0 fully saturated rings. The molecule has 0 aliphatic heterocycles. The molecule has 0 aromatic carbocycles. The predicted octanol–water partition coefficient (Wildman–Crippen LogP) is 17.5. The van der Waals surface area contributed by atoms with Gasteiger partial charge in [0.1, 0.15) is 0 Å². The molecule has 5 nitrogen and oxygen atoms in total. The molecule has 0 heterocycles. The van der Waals surface area contributed by atoms with E-state index in [1.54, 1.807) is 0 Å². The van der Waals surface area contributed by atoms with E-state index in [1.807, 2.05) is 43.2 Å². The quantitative estimate of drug-likeness (QED) is 0.0280. The molecule has 10 heteroatoms. The minimum absolute atomic E-state index is 0.442. The first-order valence-electron chi connectivity index (χ1n) is 25.3. The minimum Gasteiger partial charge on any atom is -0.331 e. The molecule has 0 amide bonds. The Morgan fingerprint density at radius 2 is 0.700 bits per heavy atom. The summed E-state index contributed by atoms with van der Waals surface area (Å²) in [6, 6.07) is 0. The smallest absolute Gasteiger partial charge is 0.331 e. The number of hydrogen-bond acceptors (Lipinski definition) is 7.